The van der Waals surface area contributed by atoms with Gasteiger partial charge in [0.05, 0.1) is 13.2 Å². The summed E-state index contributed by atoms with van der Waals surface area (Å²) in [5, 5.41) is 0.738. The largest absolute Gasteiger partial charge is 0.375 e. The molecule has 1 atom stereocenters. The summed E-state index contributed by atoms with van der Waals surface area (Å²) in [5.74, 6) is 0. The van der Waals surface area contributed by atoms with E-state index in [1.807, 2.05) is 31.2 Å². The highest BCUT2D eigenvalue weighted by molar-refractivity contribution is 6.30. The molecule has 72 valence electrons. The third-order valence-electron chi connectivity index (χ3n) is 1.54. The lowest BCUT2D eigenvalue weighted by molar-refractivity contribution is 0.111. The van der Waals surface area contributed by atoms with Gasteiger partial charge < -0.3 is 10.5 Å². The summed E-state index contributed by atoms with van der Waals surface area (Å²) in [6.07, 6.45) is 0. The molecule has 2 nitrogen and oxygen atoms in total. The van der Waals surface area contributed by atoms with Crippen molar-refractivity contribution in [1.29, 1.82) is 0 Å². The second kappa shape index (κ2) is 5.22. The summed E-state index contributed by atoms with van der Waals surface area (Å²) in [6.45, 7) is 3.06. The molecule has 3 heteroatoms. The fraction of sp³-hybridized carbons (Fsp3) is 0.400. The molecule has 0 heterocycles. The van der Waals surface area contributed by atoms with E-state index in [9.17, 15) is 0 Å². The van der Waals surface area contributed by atoms with Crippen LogP contribution in [0.5, 0.6) is 0 Å². The first-order valence-electron chi connectivity index (χ1n) is 4.26. The maximum atomic E-state index is 5.81. The summed E-state index contributed by atoms with van der Waals surface area (Å²) >= 11 is 5.81. The van der Waals surface area contributed by atoms with E-state index in [2.05, 4.69) is 0 Å². The predicted molar refractivity (Wildman–Crippen MR) is 54.8 cm³/mol. The van der Waals surface area contributed by atoms with Crippen LogP contribution in [0.2, 0.25) is 5.02 Å². The van der Waals surface area contributed by atoms with E-state index in [0.717, 1.165) is 10.6 Å². The zero-order valence-corrected chi connectivity index (χ0v) is 8.42. The van der Waals surface area contributed by atoms with Crippen molar-refractivity contribution < 1.29 is 4.74 Å². The number of nitrogens with two attached hydrogens (primary N) is 1. The number of ether oxygens (including phenoxy) is 1. The minimum atomic E-state index is 0.0826. The average Bonchev–Trinajstić information content (AvgIpc) is 2.03. The second-order valence-electron chi connectivity index (χ2n) is 3.12. The van der Waals surface area contributed by atoms with Crippen molar-refractivity contribution in [2.24, 2.45) is 5.73 Å². The smallest absolute Gasteiger partial charge is 0.0718 e. The molecule has 0 unspecified atom stereocenters. The molecule has 0 saturated heterocycles. The van der Waals surface area contributed by atoms with E-state index < -0.39 is 0 Å². The molecular weight excluding hydrogens is 186 g/mol. The van der Waals surface area contributed by atoms with Gasteiger partial charge in [-0.2, -0.15) is 0 Å². The highest BCUT2D eigenvalue weighted by atomic mass is 35.5. The van der Waals surface area contributed by atoms with Crippen molar-refractivity contribution in [1.82, 2.24) is 0 Å². The molecule has 13 heavy (non-hydrogen) atoms. The Morgan fingerprint density at radius 1 is 1.54 bits per heavy atom. The van der Waals surface area contributed by atoms with Gasteiger partial charge in [0.15, 0.2) is 0 Å². The number of benzene rings is 1. The molecule has 1 aromatic rings. The van der Waals surface area contributed by atoms with Gasteiger partial charge in [-0.15, -0.1) is 0 Å². The Hall–Kier alpha value is -0.570. The number of rotatable bonds is 4. The third kappa shape index (κ3) is 4.27. The molecule has 0 aliphatic carbocycles. The Labute approximate surface area is 83.6 Å². The molecule has 0 spiro atoms. The Kier molecular flexibility index (Phi) is 4.22. The lowest BCUT2D eigenvalue weighted by Crippen LogP contribution is -2.21. The van der Waals surface area contributed by atoms with Crippen molar-refractivity contribution in [2.45, 2.75) is 19.6 Å². The topological polar surface area (TPSA) is 35.2 Å². The van der Waals surface area contributed by atoms with Crippen LogP contribution in [-0.2, 0) is 11.3 Å². The molecule has 1 aromatic carbocycles. The van der Waals surface area contributed by atoms with Gasteiger partial charge in [0.25, 0.3) is 0 Å². The summed E-state index contributed by atoms with van der Waals surface area (Å²) < 4.78 is 5.35. The number of halogens is 1. The molecule has 0 fully saturated rings. The summed E-state index contributed by atoms with van der Waals surface area (Å²) in [5.41, 5.74) is 6.61. The van der Waals surface area contributed by atoms with Crippen molar-refractivity contribution in [3.05, 3.63) is 34.9 Å². The Morgan fingerprint density at radius 3 is 2.92 bits per heavy atom. The molecular formula is C10H14ClNO. The molecule has 0 bridgehead atoms. The fourth-order valence-corrected chi connectivity index (χ4v) is 1.20. The standard InChI is InChI=1S/C10H14ClNO/c1-8(12)6-13-7-9-3-2-4-10(11)5-9/h2-5,8H,6-7,12H2,1H3/t8-/m1/s1. The van der Waals surface area contributed by atoms with Gasteiger partial charge in [-0.3, -0.25) is 0 Å². The van der Waals surface area contributed by atoms with Crippen LogP contribution in [0.25, 0.3) is 0 Å². The summed E-state index contributed by atoms with van der Waals surface area (Å²) in [7, 11) is 0. The van der Waals surface area contributed by atoms with E-state index in [-0.39, 0.29) is 6.04 Å². The monoisotopic (exact) mass is 199 g/mol. The van der Waals surface area contributed by atoms with Crippen LogP contribution in [0.3, 0.4) is 0 Å². The number of hydrogen-bond donors (Lipinski definition) is 1. The van der Waals surface area contributed by atoms with Crippen LogP contribution in [0.1, 0.15) is 12.5 Å². The van der Waals surface area contributed by atoms with Crippen LogP contribution in [0.15, 0.2) is 24.3 Å². The van der Waals surface area contributed by atoms with Gasteiger partial charge in [0.2, 0.25) is 0 Å². The average molecular weight is 200 g/mol. The first-order chi connectivity index (χ1) is 6.18. The van der Waals surface area contributed by atoms with E-state index in [0.29, 0.717) is 13.2 Å². The summed E-state index contributed by atoms with van der Waals surface area (Å²) in [6, 6.07) is 7.71. The molecule has 1 rings (SSSR count). The van der Waals surface area contributed by atoms with E-state index in [1.165, 1.54) is 0 Å². The van der Waals surface area contributed by atoms with Crippen molar-refractivity contribution >= 4 is 11.6 Å². The molecule has 0 saturated carbocycles. The normalized spacial score (nSPS) is 12.8. The van der Waals surface area contributed by atoms with Crippen LogP contribution in [-0.4, -0.2) is 12.6 Å². The predicted octanol–water partition coefficient (Wildman–Crippen LogP) is 2.20. The fourth-order valence-electron chi connectivity index (χ4n) is 0.989. The SMILES string of the molecule is C[C@@H](N)COCc1cccc(Cl)c1. The minimum absolute atomic E-state index is 0.0826. The first-order valence-corrected chi connectivity index (χ1v) is 4.64. The highest BCUT2D eigenvalue weighted by Gasteiger charge is 1.96. The van der Waals surface area contributed by atoms with Crippen LogP contribution in [0.4, 0.5) is 0 Å². The molecule has 0 radical (unpaired) electrons. The maximum absolute atomic E-state index is 5.81. The van der Waals surface area contributed by atoms with Gasteiger partial charge in [-0.25, -0.2) is 0 Å². The molecule has 2 N–H and O–H groups in total. The van der Waals surface area contributed by atoms with Crippen LogP contribution >= 0.6 is 11.6 Å². The Morgan fingerprint density at radius 2 is 2.31 bits per heavy atom. The molecule has 0 aliphatic rings. The highest BCUT2D eigenvalue weighted by Crippen LogP contribution is 2.11. The third-order valence-corrected chi connectivity index (χ3v) is 1.77. The van der Waals surface area contributed by atoms with E-state index >= 15 is 0 Å². The van der Waals surface area contributed by atoms with Gasteiger partial charge in [0.1, 0.15) is 0 Å². The molecule has 0 amide bonds. The zero-order chi connectivity index (χ0) is 9.68. The second-order valence-corrected chi connectivity index (χ2v) is 3.56. The van der Waals surface area contributed by atoms with E-state index in [4.69, 9.17) is 22.1 Å². The van der Waals surface area contributed by atoms with Crippen LogP contribution in [0, 0.1) is 0 Å². The van der Waals surface area contributed by atoms with Crippen LogP contribution < -0.4 is 5.73 Å². The Balaban J connectivity index is 2.37. The quantitative estimate of drug-likeness (QED) is 0.807. The lowest BCUT2D eigenvalue weighted by Gasteiger charge is -2.06. The van der Waals surface area contributed by atoms with Gasteiger partial charge in [-0.1, -0.05) is 23.7 Å². The van der Waals surface area contributed by atoms with E-state index in [1.54, 1.807) is 0 Å². The molecule has 0 aliphatic heterocycles. The van der Waals surface area contributed by atoms with Crippen molar-refractivity contribution in [2.75, 3.05) is 6.61 Å². The first kappa shape index (κ1) is 10.5. The van der Waals surface area contributed by atoms with Crippen molar-refractivity contribution in [3.8, 4) is 0 Å². The van der Waals surface area contributed by atoms with Gasteiger partial charge >= 0.3 is 0 Å². The zero-order valence-electron chi connectivity index (χ0n) is 7.66. The minimum Gasteiger partial charge on any atom is -0.375 e. The number of hydrogen-bond acceptors (Lipinski definition) is 2. The van der Waals surface area contributed by atoms with Gasteiger partial charge in [-0.05, 0) is 24.6 Å². The Bertz CT molecular complexity index is 263. The van der Waals surface area contributed by atoms with Crippen molar-refractivity contribution in [3.63, 3.8) is 0 Å². The van der Waals surface area contributed by atoms with Gasteiger partial charge in [0, 0.05) is 11.1 Å². The maximum Gasteiger partial charge on any atom is 0.0718 e. The lowest BCUT2D eigenvalue weighted by atomic mass is 10.2. The molecule has 0 aromatic heterocycles. The summed E-state index contributed by atoms with van der Waals surface area (Å²) in [4.78, 5) is 0.